The maximum atomic E-state index is 12.3. The summed E-state index contributed by atoms with van der Waals surface area (Å²) in [5, 5.41) is 4.57. The highest BCUT2D eigenvalue weighted by atomic mass is 32.1. The molecule has 0 saturated carbocycles. The molecule has 26 heavy (non-hydrogen) atoms. The van der Waals surface area contributed by atoms with Crippen molar-refractivity contribution < 1.29 is 19.1 Å². The number of ether oxygens (including phenoxy) is 1. The maximum absolute atomic E-state index is 12.3. The lowest BCUT2D eigenvalue weighted by molar-refractivity contribution is -0.138. The Morgan fingerprint density at radius 3 is 2.62 bits per heavy atom. The van der Waals surface area contributed by atoms with Crippen LogP contribution in [0.4, 0.5) is 5.69 Å². The van der Waals surface area contributed by atoms with Gasteiger partial charge in [-0.3, -0.25) is 9.59 Å². The first-order valence-corrected chi connectivity index (χ1v) is 9.37. The molecule has 2 aromatic rings. The van der Waals surface area contributed by atoms with E-state index in [0.717, 1.165) is 12.8 Å². The van der Waals surface area contributed by atoms with Gasteiger partial charge in [0.2, 0.25) is 0 Å². The van der Waals surface area contributed by atoms with E-state index in [0.29, 0.717) is 23.7 Å². The monoisotopic (exact) mass is 372 g/mol. The minimum absolute atomic E-state index is 0.169. The van der Waals surface area contributed by atoms with Crippen molar-refractivity contribution in [3.63, 3.8) is 0 Å². The highest BCUT2D eigenvalue weighted by molar-refractivity contribution is 7.12. The molecule has 2 heterocycles. The summed E-state index contributed by atoms with van der Waals surface area (Å²) in [7, 11) is 0. The highest BCUT2D eigenvalue weighted by Gasteiger charge is 2.26. The van der Waals surface area contributed by atoms with E-state index < -0.39 is 12.1 Å². The largest absolute Gasteiger partial charge is 0.449 e. The number of thiophene rings is 1. The Bertz CT molecular complexity index is 798. The molecule has 1 saturated heterocycles. The second-order valence-corrected chi connectivity index (χ2v) is 7.04. The predicted molar refractivity (Wildman–Crippen MR) is 99.4 cm³/mol. The molecule has 1 aliphatic heterocycles. The van der Waals surface area contributed by atoms with Crippen LogP contribution in [-0.4, -0.2) is 41.9 Å². The third kappa shape index (κ3) is 4.29. The summed E-state index contributed by atoms with van der Waals surface area (Å²) in [5.74, 6) is -0.988. The van der Waals surface area contributed by atoms with Crippen LogP contribution in [0.15, 0.2) is 41.8 Å². The lowest BCUT2D eigenvalue weighted by Gasteiger charge is -2.20. The van der Waals surface area contributed by atoms with Crippen molar-refractivity contribution in [3.8, 4) is 0 Å². The first-order chi connectivity index (χ1) is 12.5. The molecule has 1 aromatic heterocycles. The third-order valence-corrected chi connectivity index (χ3v) is 5.02. The first-order valence-electron chi connectivity index (χ1n) is 8.49. The number of carbonyl (C=O) groups excluding carboxylic acids is 3. The number of anilines is 1. The Balaban J connectivity index is 1.62. The summed E-state index contributed by atoms with van der Waals surface area (Å²) in [6, 6.07) is 10.0. The van der Waals surface area contributed by atoms with Gasteiger partial charge in [0.1, 0.15) is 0 Å². The lowest BCUT2D eigenvalue weighted by atomic mass is 10.2. The van der Waals surface area contributed by atoms with E-state index in [4.69, 9.17) is 4.74 Å². The number of hydrogen-bond acceptors (Lipinski definition) is 5. The van der Waals surface area contributed by atoms with Crippen molar-refractivity contribution in [1.82, 2.24) is 4.90 Å². The molecule has 1 aromatic carbocycles. The summed E-state index contributed by atoms with van der Waals surface area (Å²) >= 11 is 1.34. The van der Waals surface area contributed by atoms with Gasteiger partial charge in [-0.15, -0.1) is 11.3 Å². The molecule has 0 bridgehead atoms. The number of carbonyl (C=O) groups is 3. The van der Waals surface area contributed by atoms with Crippen molar-refractivity contribution in [2.75, 3.05) is 18.4 Å². The van der Waals surface area contributed by atoms with Gasteiger partial charge in [-0.2, -0.15) is 0 Å². The summed E-state index contributed by atoms with van der Waals surface area (Å²) in [5.41, 5.74) is 0.784. The van der Waals surface area contributed by atoms with E-state index in [1.165, 1.54) is 11.3 Å². The van der Waals surface area contributed by atoms with Crippen LogP contribution in [-0.2, 0) is 9.53 Å². The average Bonchev–Trinajstić information content (AvgIpc) is 3.34. The Morgan fingerprint density at radius 2 is 1.92 bits per heavy atom. The number of amides is 2. The molecule has 7 heteroatoms. The fourth-order valence-electron chi connectivity index (χ4n) is 2.80. The Kier molecular flexibility index (Phi) is 5.68. The molecular formula is C19H20N2O4S. The van der Waals surface area contributed by atoms with Crippen LogP contribution < -0.4 is 5.32 Å². The van der Waals surface area contributed by atoms with Crippen LogP contribution in [0.5, 0.6) is 0 Å². The normalized spacial score (nSPS) is 14.7. The van der Waals surface area contributed by atoms with Crippen molar-refractivity contribution in [1.29, 1.82) is 0 Å². The number of esters is 1. The molecule has 2 amide bonds. The fraction of sp³-hybridized carbons (Fsp3) is 0.316. The molecule has 1 N–H and O–H groups in total. The van der Waals surface area contributed by atoms with Gasteiger partial charge in [-0.05, 0) is 49.4 Å². The number of nitrogens with one attached hydrogen (secondary N) is 1. The summed E-state index contributed by atoms with van der Waals surface area (Å²) in [6.07, 6.45) is 1.14. The maximum Gasteiger partial charge on any atom is 0.338 e. The zero-order valence-electron chi connectivity index (χ0n) is 14.4. The molecule has 1 aliphatic rings. The number of likely N-dealkylation sites (tertiary alicyclic amines) is 1. The standard InChI is InChI=1S/C19H20N2O4S/c1-13(18(23)21-9-2-3-10-21)25-19(24)14-6-4-7-15(12-14)20-17(22)16-8-5-11-26-16/h4-8,11-13H,2-3,9-10H2,1H3,(H,20,22). The molecule has 0 radical (unpaired) electrons. The van der Waals surface area contributed by atoms with Crippen molar-refractivity contribution in [2.45, 2.75) is 25.9 Å². The van der Waals surface area contributed by atoms with Gasteiger partial charge in [0, 0.05) is 18.8 Å². The van der Waals surface area contributed by atoms with Gasteiger partial charge < -0.3 is 15.0 Å². The van der Waals surface area contributed by atoms with Crippen LogP contribution >= 0.6 is 11.3 Å². The highest BCUT2D eigenvalue weighted by Crippen LogP contribution is 2.17. The van der Waals surface area contributed by atoms with Gasteiger partial charge in [0.15, 0.2) is 6.10 Å². The van der Waals surface area contributed by atoms with E-state index in [1.807, 2.05) is 5.38 Å². The molecule has 6 nitrogen and oxygen atoms in total. The quantitative estimate of drug-likeness (QED) is 0.818. The van der Waals surface area contributed by atoms with Crippen molar-refractivity contribution in [2.24, 2.45) is 0 Å². The molecule has 0 spiro atoms. The van der Waals surface area contributed by atoms with Crippen molar-refractivity contribution >= 4 is 34.8 Å². The smallest absolute Gasteiger partial charge is 0.338 e. The van der Waals surface area contributed by atoms with Crippen molar-refractivity contribution in [3.05, 3.63) is 52.2 Å². The Labute approximate surface area is 155 Å². The second kappa shape index (κ2) is 8.14. The zero-order chi connectivity index (χ0) is 18.5. The molecular weight excluding hydrogens is 352 g/mol. The molecule has 0 aliphatic carbocycles. The van der Waals surface area contributed by atoms with Gasteiger partial charge in [0.25, 0.3) is 11.8 Å². The van der Waals surface area contributed by atoms with Crippen LogP contribution in [0.1, 0.15) is 39.8 Å². The minimum Gasteiger partial charge on any atom is -0.449 e. The lowest BCUT2D eigenvalue weighted by Crippen LogP contribution is -2.38. The summed E-state index contributed by atoms with van der Waals surface area (Å²) in [4.78, 5) is 39.0. The first kappa shape index (κ1) is 18.1. The molecule has 1 fully saturated rings. The minimum atomic E-state index is -0.829. The van der Waals surface area contributed by atoms with Gasteiger partial charge in [0.05, 0.1) is 10.4 Å². The van der Waals surface area contributed by atoms with Crippen LogP contribution in [0, 0.1) is 0 Å². The number of hydrogen-bond donors (Lipinski definition) is 1. The number of rotatable bonds is 5. The summed E-state index contributed by atoms with van der Waals surface area (Å²) in [6.45, 7) is 3.01. The zero-order valence-corrected chi connectivity index (χ0v) is 15.3. The SMILES string of the molecule is CC(OC(=O)c1cccc(NC(=O)c2cccs2)c1)C(=O)N1CCCC1. The summed E-state index contributed by atoms with van der Waals surface area (Å²) < 4.78 is 5.30. The Morgan fingerprint density at radius 1 is 1.15 bits per heavy atom. The van der Waals surface area contributed by atoms with Gasteiger partial charge in [-0.1, -0.05) is 12.1 Å². The third-order valence-electron chi connectivity index (χ3n) is 4.15. The van der Waals surface area contributed by atoms with E-state index in [2.05, 4.69) is 5.32 Å². The van der Waals surface area contributed by atoms with Gasteiger partial charge in [-0.25, -0.2) is 4.79 Å². The van der Waals surface area contributed by atoms with Crippen LogP contribution in [0.3, 0.4) is 0 Å². The van der Waals surface area contributed by atoms with Crippen LogP contribution in [0.2, 0.25) is 0 Å². The van der Waals surface area contributed by atoms with E-state index in [-0.39, 0.29) is 17.4 Å². The predicted octanol–water partition coefficient (Wildman–Crippen LogP) is 3.17. The molecule has 1 unspecified atom stereocenters. The molecule has 3 rings (SSSR count). The Hall–Kier alpha value is -2.67. The molecule has 1 atom stereocenters. The average molecular weight is 372 g/mol. The topological polar surface area (TPSA) is 75.7 Å². The number of benzene rings is 1. The van der Waals surface area contributed by atoms with E-state index in [1.54, 1.807) is 48.2 Å². The fourth-order valence-corrected chi connectivity index (χ4v) is 3.42. The number of nitrogens with zero attached hydrogens (tertiary/aromatic N) is 1. The van der Waals surface area contributed by atoms with E-state index in [9.17, 15) is 14.4 Å². The molecule has 136 valence electrons. The van der Waals surface area contributed by atoms with Crippen LogP contribution in [0.25, 0.3) is 0 Å². The van der Waals surface area contributed by atoms with E-state index >= 15 is 0 Å². The second-order valence-electron chi connectivity index (χ2n) is 6.09. The van der Waals surface area contributed by atoms with Gasteiger partial charge >= 0.3 is 5.97 Å².